The lowest BCUT2D eigenvalue weighted by Gasteiger charge is -2.25. The Morgan fingerprint density at radius 1 is 0.404 bits per heavy atom. The lowest BCUT2D eigenvalue weighted by molar-refractivity contribution is -0.119. The van der Waals surface area contributed by atoms with E-state index < -0.39 is 33.9 Å². The van der Waals surface area contributed by atoms with Gasteiger partial charge in [0.2, 0.25) is 22.7 Å². The average molecular weight is 705 g/mol. The smallest absolute Gasteiger partial charge is 0.217 e. The number of primary amides is 2. The van der Waals surface area contributed by atoms with Crippen LogP contribution in [0.5, 0.6) is 34.5 Å². The minimum atomic E-state index is -0.661. The SMILES string of the molecule is Cc1cc(O)c2c(=O)c3c(O)cc(O)c4c5c(O)cc(O)c6c(=O)c7c(O)cc(C)c8c1c2c(c34)c(c78)c65.NC(=O)CCCCCCCCC(N)=O. The molecule has 12 heteroatoms. The lowest BCUT2D eigenvalue weighted by Crippen LogP contribution is -2.10. The van der Waals surface area contributed by atoms with Crippen LogP contribution in [0.3, 0.4) is 0 Å². The van der Waals surface area contributed by atoms with Crippen molar-refractivity contribution in [1.82, 2.24) is 0 Å². The number of amides is 2. The Bertz CT molecular complexity index is 2520. The first-order valence-electron chi connectivity index (χ1n) is 17.0. The molecular weight excluding hydrogens is 668 g/mol. The zero-order chi connectivity index (χ0) is 37.5. The number of phenolic OH excluding ortho intramolecular Hbond substituents is 6. The first kappa shape index (κ1) is 34.2. The van der Waals surface area contributed by atoms with Crippen LogP contribution in [0.25, 0.3) is 75.4 Å². The van der Waals surface area contributed by atoms with Crippen LogP contribution in [0.2, 0.25) is 0 Å². The second-order valence-electron chi connectivity index (χ2n) is 13.7. The highest BCUT2D eigenvalue weighted by molar-refractivity contribution is 6.50. The molecule has 0 saturated carbocycles. The van der Waals surface area contributed by atoms with Gasteiger partial charge in [-0.2, -0.15) is 0 Å². The highest BCUT2D eigenvalue weighted by Gasteiger charge is 2.32. The summed E-state index contributed by atoms with van der Waals surface area (Å²) in [5.41, 5.74) is 9.88. The topological polar surface area (TPSA) is 242 Å². The molecule has 0 bridgehead atoms. The standard InChI is InChI=1S/C30H16O8.C10H20N2O2/c1-7-3-9(31)19-23-15(7)16-8(2)4-10(32)20-24(16)28-26-18(12(34)6-14(36)22(26)30(20)38)17-11(33)5-13(35)21(29(19)37)25(17)27(23)28;11-9(13)7-5-3-1-2-4-6-8-10(12)14/h3-6,31-36H,1-2H3;1-8H2,(H2,11,13)(H2,12,14). The van der Waals surface area contributed by atoms with Crippen molar-refractivity contribution in [2.24, 2.45) is 11.5 Å². The number of benzene rings is 8. The van der Waals surface area contributed by atoms with Crippen molar-refractivity contribution in [2.75, 3.05) is 0 Å². The van der Waals surface area contributed by atoms with Gasteiger partial charge in [-0.3, -0.25) is 19.2 Å². The van der Waals surface area contributed by atoms with Gasteiger partial charge in [0.25, 0.3) is 0 Å². The summed E-state index contributed by atoms with van der Waals surface area (Å²) in [6, 6.07) is 4.86. The summed E-state index contributed by atoms with van der Waals surface area (Å²) in [4.78, 5) is 48.6. The van der Waals surface area contributed by atoms with Gasteiger partial charge < -0.3 is 42.1 Å². The number of aryl methyl sites for hydroxylation is 2. The molecule has 0 unspecified atom stereocenters. The molecule has 8 rings (SSSR count). The molecule has 2 amide bonds. The number of hydrogen-bond donors (Lipinski definition) is 8. The fourth-order valence-corrected chi connectivity index (χ4v) is 8.28. The van der Waals surface area contributed by atoms with Gasteiger partial charge in [0.05, 0.1) is 21.5 Å². The Hall–Kier alpha value is -6.30. The van der Waals surface area contributed by atoms with Crippen molar-refractivity contribution in [3.63, 3.8) is 0 Å². The number of hydrogen-bond acceptors (Lipinski definition) is 10. The fourth-order valence-electron chi connectivity index (χ4n) is 8.28. The summed E-state index contributed by atoms with van der Waals surface area (Å²) in [6.07, 6.45) is 7.02. The zero-order valence-corrected chi connectivity index (χ0v) is 28.4. The van der Waals surface area contributed by atoms with Crippen molar-refractivity contribution < 1.29 is 40.2 Å². The third-order valence-electron chi connectivity index (χ3n) is 10.3. The van der Waals surface area contributed by atoms with Crippen LogP contribution in [0.4, 0.5) is 0 Å². The number of rotatable bonds is 9. The van der Waals surface area contributed by atoms with Gasteiger partial charge in [-0.25, -0.2) is 0 Å². The van der Waals surface area contributed by atoms with Gasteiger partial charge in [0, 0.05) is 68.1 Å². The molecule has 0 saturated heterocycles. The van der Waals surface area contributed by atoms with E-state index in [-0.39, 0.29) is 66.4 Å². The quantitative estimate of drug-likeness (QED) is 0.0483. The van der Waals surface area contributed by atoms with Gasteiger partial charge in [-0.15, -0.1) is 0 Å². The Morgan fingerprint density at radius 3 is 0.981 bits per heavy atom. The molecule has 0 spiro atoms. The predicted molar refractivity (Wildman–Crippen MR) is 201 cm³/mol. The first-order valence-corrected chi connectivity index (χ1v) is 17.0. The maximum absolute atomic E-state index is 13.9. The molecule has 0 fully saturated rings. The van der Waals surface area contributed by atoms with Crippen LogP contribution in [-0.2, 0) is 9.59 Å². The maximum atomic E-state index is 13.9. The molecule has 0 aliphatic heterocycles. The van der Waals surface area contributed by atoms with Crippen LogP contribution in [0.15, 0.2) is 33.9 Å². The van der Waals surface area contributed by atoms with E-state index in [0.717, 1.165) is 50.7 Å². The van der Waals surface area contributed by atoms with Crippen molar-refractivity contribution in [3.05, 3.63) is 55.8 Å². The number of fused-ring (bicyclic) bond motifs is 2. The van der Waals surface area contributed by atoms with Gasteiger partial charge in [-0.05, 0) is 60.7 Å². The molecule has 12 nitrogen and oxygen atoms in total. The molecule has 52 heavy (non-hydrogen) atoms. The zero-order valence-electron chi connectivity index (χ0n) is 28.4. The van der Waals surface area contributed by atoms with Gasteiger partial charge >= 0.3 is 0 Å². The predicted octanol–water partition coefficient (Wildman–Crippen LogP) is 6.16. The van der Waals surface area contributed by atoms with Crippen molar-refractivity contribution in [1.29, 1.82) is 0 Å². The van der Waals surface area contributed by atoms with Crippen molar-refractivity contribution >= 4 is 87.2 Å². The number of phenols is 6. The van der Waals surface area contributed by atoms with Gasteiger partial charge in [-0.1, -0.05) is 25.7 Å². The molecule has 0 radical (unpaired) electrons. The summed E-state index contributed by atoms with van der Waals surface area (Å²) < 4.78 is 0. The summed E-state index contributed by atoms with van der Waals surface area (Å²) in [5.74, 6) is -2.95. The second-order valence-corrected chi connectivity index (χ2v) is 13.7. The number of carbonyl (C=O) groups excluding carboxylic acids is 2. The van der Waals surface area contributed by atoms with E-state index in [1.165, 1.54) is 12.1 Å². The Kier molecular flexibility index (Phi) is 8.01. The van der Waals surface area contributed by atoms with Crippen LogP contribution in [-0.4, -0.2) is 42.5 Å². The second kappa shape index (κ2) is 12.2. The van der Waals surface area contributed by atoms with Crippen LogP contribution in [0.1, 0.15) is 62.5 Å². The summed E-state index contributed by atoms with van der Waals surface area (Å²) in [5, 5.41) is 68.4. The maximum Gasteiger partial charge on any atom is 0.217 e. The lowest BCUT2D eigenvalue weighted by atomic mass is 9.78. The third kappa shape index (κ3) is 4.81. The highest BCUT2D eigenvalue weighted by atomic mass is 16.3. The first-order chi connectivity index (χ1) is 24.7. The Labute approximate surface area is 294 Å². The van der Waals surface area contributed by atoms with E-state index in [4.69, 9.17) is 11.5 Å². The normalized spacial score (nSPS) is 12.0. The molecule has 0 aliphatic rings. The summed E-state index contributed by atoms with van der Waals surface area (Å²) >= 11 is 0. The fraction of sp³-hybridized carbons (Fsp3) is 0.250. The minimum absolute atomic E-state index is 0.0211. The van der Waals surface area contributed by atoms with E-state index in [2.05, 4.69) is 0 Å². The van der Waals surface area contributed by atoms with E-state index in [1.54, 1.807) is 13.8 Å². The van der Waals surface area contributed by atoms with Crippen molar-refractivity contribution in [2.45, 2.75) is 65.2 Å². The van der Waals surface area contributed by atoms with E-state index in [9.17, 15) is 49.8 Å². The van der Waals surface area contributed by atoms with Gasteiger partial charge in [0.1, 0.15) is 34.5 Å². The van der Waals surface area contributed by atoms with E-state index in [0.29, 0.717) is 56.3 Å². The molecular formula is C40H36N2O10. The number of nitrogens with two attached hydrogens (primary N) is 2. The summed E-state index contributed by atoms with van der Waals surface area (Å²) in [7, 11) is 0. The highest BCUT2D eigenvalue weighted by Crippen LogP contribution is 2.57. The average Bonchev–Trinajstić information content (AvgIpc) is 3.05. The molecule has 0 atom stereocenters. The minimum Gasteiger partial charge on any atom is -0.507 e. The van der Waals surface area contributed by atoms with Crippen molar-refractivity contribution in [3.8, 4) is 34.5 Å². The Morgan fingerprint density at radius 2 is 0.654 bits per heavy atom. The Balaban J connectivity index is 0.000000258. The van der Waals surface area contributed by atoms with Crippen LogP contribution >= 0.6 is 0 Å². The van der Waals surface area contributed by atoms with Crippen LogP contribution < -0.4 is 22.3 Å². The molecule has 8 aromatic carbocycles. The molecule has 10 N–H and O–H groups in total. The molecule has 266 valence electrons. The van der Waals surface area contributed by atoms with Gasteiger partial charge in [0.15, 0.2) is 0 Å². The number of aromatic hydroxyl groups is 6. The number of carbonyl (C=O) groups is 2. The molecule has 0 aliphatic carbocycles. The third-order valence-corrected chi connectivity index (χ3v) is 10.3. The van der Waals surface area contributed by atoms with Crippen LogP contribution in [0, 0.1) is 13.8 Å². The molecule has 0 aromatic heterocycles. The molecule has 0 heterocycles. The largest absolute Gasteiger partial charge is 0.507 e. The summed E-state index contributed by atoms with van der Waals surface area (Å²) in [6.45, 7) is 3.51. The number of unbranched alkanes of at least 4 members (excludes halogenated alkanes) is 5. The van der Waals surface area contributed by atoms with E-state index in [1.807, 2.05) is 0 Å². The monoisotopic (exact) mass is 704 g/mol. The van der Waals surface area contributed by atoms with E-state index >= 15 is 0 Å². The molecule has 8 aromatic rings.